The highest BCUT2D eigenvalue weighted by molar-refractivity contribution is 5.69. The number of carbonyl (C=O) groups excluding carboxylic acids is 2. The Hall–Kier alpha value is -1.06. The fourth-order valence-electron chi connectivity index (χ4n) is 4.19. The van der Waals surface area contributed by atoms with E-state index in [1.54, 1.807) is 0 Å². The lowest BCUT2D eigenvalue weighted by molar-refractivity contribution is -0.151. The van der Waals surface area contributed by atoms with E-state index in [2.05, 4.69) is 27.7 Å². The summed E-state index contributed by atoms with van der Waals surface area (Å²) in [5.74, 6) is 0.280. The Morgan fingerprint density at radius 3 is 1.45 bits per heavy atom. The second kappa shape index (κ2) is 24.1. The van der Waals surface area contributed by atoms with E-state index in [1.807, 2.05) is 0 Å². The molecule has 0 aliphatic carbocycles. The van der Waals surface area contributed by atoms with Crippen molar-refractivity contribution >= 4 is 11.9 Å². The summed E-state index contributed by atoms with van der Waals surface area (Å²) in [5.41, 5.74) is 0. The Balaban J connectivity index is 3.34. The van der Waals surface area contributed by atoms with Crippen molar-refractivity contribution in [3.05, 3.63) is 0 Å². The maximum Gasteiger partial charge on any atom is 0.306 e. The normalized spacial score (nSPS) is 12.2. The van der Waals surface area contributed by atoms with Crippen LogP contribution >= 0.6 is 0 Å². The first-order valence-corrected chi connectivity index (χ1v) is 14.4. The summed E-state index contributed by atoms with van der Waals surface area (Å²) >= 11 is 0. The maximum atomic E-state index is 11.9. The molecule has 0 N–H and O–H groups in total. The number of ether oxygens (including phenoxy) is 2. The average Bonchev–Trinajstić information content (AvgIpc) is 2.79. The Kier molecular flexibility index (Phi) is 23.3. The molecule has 0 aromatic heterocycles. The number of unbranched alkanes of at least 4 members (excludes halogenated alkanes) is 15. The Morgan fingerprint density at radius 1 is 0.576 bits per heavy atom. The Bertz CT molecular complexity index is 447. The standard InChI is InChI=1S/C29H56O4/c1-5-7-8-9-10-11-12-13-16-19-22-25-32-28(30)23-20-17-14-15-18-21-24-29(31)33-27(6-2)26(3)4/h26-27H,5-25H2,1-4H3. The molecule has 0 radical (unpaired) electrons. The van der Waals surface area contributed by atoms with E-state index < -0.39 is 0 Å². The minimum absolute atomic E-state index is 0.0412. The van der Waals surface area contributed by atoms with Gasteiger partial charge in [0.05, 0.1) is 6.61 Å². The van der Waals surface area contributed by atoms with E-state index in [9.17, 15) is 9.59 Å². The van der Waals surface area contributed by atoms with Gasteiger partial charge in [-0.3, -0.25) is 9.59 Å². The fourth-order valence-corrected chi connectivity index (χ4v) is 4.19. The largest absolute Gasteiger partial charge is 0.466 e. The van der Waals surface area contributed by atoms with Crippen LogP contribution in [-0.4, -0.2) is 24.6 Å². The molecule has 0 aliphatic rings. The molecule has 0 aromatic rings. The first-order valence-electron chi connectivity index (χ1n) is 14.4. The molecule has 196 valence electrons. The van der Waals surface area contributed by atoms with Crippen LogP contribution in [0.2, 0.25) is 0 Å². The molecule has 0 fully saturated rings. The molecule has 4 heteroatoms. The minimum atomic E-state index is -0.0592. The zero-order valence-electron chi connectivity index (χ0n) is 22.6. The number of carbonyl (C=O) groups is 2. The van der Waals surface area contributed by atoms with Crippen LogP contribution in [0, 0.1) is 5.92 Å². The van der Waals surface area contributed by atoms with Crippen LogP contribution < -0.4 is 0 Å². The number of hydrogen-bond acceptors (Lipinski definition) is 4. The zero-order valence-corrected chi connectivity index (χ0v) is 22.6. The fraction of sp³-hybridized carbons (Fsp3) is 0.931. The number of esters is 2. The first kappa shape index (κ1) is 31.9. The second-order valence-electron chi connectivity index (χ2n) is 10.1. The lowest BCUT2D eigenvalue weighted by Crippen LogP contribution is -2.22. The lowest BCUT2D eigenvalue weighted by Gasteiger charge is -2.19. The van der Waals surface area contributed by atoms with Gasteiger partial charge in [0.1, 0.15) is 6.10 Å². The monoisotopic (exact) mass is 468 g/mol. The van der Waals surface area contributed by atoms with E-state index in [1.165, 1.54) is 64.2 Å². The third-order valence-corrected chi connectivity index (χ3v) is 6.45. The number of rotatable bonds is 24. The molecule has 0 aliphatic heterocycles. The van der Waals surface area contributed by atoms with Crippen LogP contribution in [0.5, 0.6) is 0 Å². The van der Waals surface area contributed by atoms with E-state index in [0.29, 0.717) is 25.4 Å². The van der Waals surface area contributed by atoms with Gasteiger partial charge in [0.25, 0.3) is 0 Å². The SMILES string of the molecule is CCCCCCCCCCCCCOC(=O)CCCCCCCCC(=O)OC(CC)C(C)C. The van der Waals surface area contributed by atoms with Gasteiger partial charge in [0.15, 0.2) is 0 Å². The van der Waals surface area contributed by atoms with Gasteiger partial charge in [-0.1, -0.05) is 118 Å². The van der Waals surface area contributed by atoms with Crippen molar-refractivity contribution in [1.29, 1.82) is 0 Å². The van der Waals surface area contributed by atoms with Gasteiger partial charge >= 0.3 is 11.9 Å². The van der Waals surface area contributed by atoms with Crippen molar-refractivity contribution in [3.63, 3.8) is 0 Å². The molecule has 33 heavy (non-hydrogen) atoms. The molecule has 0 rings (SSSR count). The van der Waals surface area contributed by atoms with Crippen molar-refractivity contribution < 1.29 is 19.1 Å². The summed E-state index contributed by atoms with van der Waals surface area (Å²) in [4.78, 5) is 23.7. The quantitative estimate of drug-likeness (QED) is 0.105. The zero-order chi connectivity index (χ0) is 24.6. The maximum absolute atomic E-state index is 11.9. The van der Waals surface area contributed by atoms with E-state index >= 15 is 0 Å². The smallest absolute Gasteiger partial charge is 0.306 e. The van der Waals surface area contributed by atoms with Gasteiger partial charge in [-0.2, -0.15) is 0 Å². The highest BCUT2D eigenvalue weighted by Crippen LogP contribution is 2.14. The highest BCUT2D eigenvalue weighted by atomic mass is 16.5. The molecule has 0 aromatic carbocycles. The molecule has 0 spiro atoms. The predicted octanol–water partition coefficient (Wildman–Crippen LogP) is 8.94. The molecule has 1 unspecified atom stereocenters. The molecule has 1 atom stereocenters. The van der Waals surface area contributed by atoms with E-state index in [0.717, 1.165) is 51.4 Å². The van der Waals surface area contributed by atoms with Crippen molar-refractivity contribution in [3.8, 4) is 0 Å². The summed E-state index contributed by atoms with van der Waals surface area (Å²) in [6, 6.07) is 0. The van der Waals surface area contributed by atoms with Gasteiger partial charge in [0.2, 0.25) is 0 Å². The minimum Gasteiger partial charge on any atom is -0.466 e. The third-order valence-electron chi connectivity index (χ3n) is 6.45. The molecule has 0 bridgehead atoms. The van der Waals surface area contributed by atoms with Crippen molar-refractivity contribution in [2.24, 2.45) is 5.92 Å². The average molecular weight is 469 g/mol. The molecular formula is C29H56O4. The molecule has 4 nitrogen and oxygen atoms in total. The number of hydrogen-bond donors (Lipinski definition) is 0. The Morgan fingerprint density at radius 2 is 1.00 bits per heavy atom. The van der Waals surface area contributed by atoms with Crippen molar-refractivity contribution in [2.45, 2.75) is 162 Å². The van der Waals surface area contributed by atoms with Crippen LogP contribution in [0.4, 0.5) is 0 Å². The molecular weight excluding hydrogens is 412 g/mol. The topological polar surface area (TPSA) is 52.6 Å². The first-order chi connectivity index (χ1) is 16.0. The van der Waals surface area contributed by atoms with Gasteiger partial charge in [-0.05, 0) is 31.6 Å². The van der Waals surface area contributed by atoms with Gasteiger partial charge in [0, 0.05) is 12.8 Å². The van der Waals surface area contributed by atoms with E-state index in [4.69, 9.17) is 9.47 Å². The van der Waals surface area contributed by atoms with Crippen molar-refractivity contribution in [1.82, 2.24) is 0 Å². The third kappa shape index (κ3) is 22.5. The van der Waals surface area contributed by atoms with Crippen LogP contribution in [-0.2, 0) is 19.1 Å². The lowest BCUT2D eigenvalue weighted by atomic mass is 10.1. The van der Waals surface area contributed by atoms with Crippen molar-refractivity contribution in [2.75, 3.05) is 6.61 Å². The Labute approximate surface area is 206 Å². The van der Waals surface area contributed by atoms with Gasteiger partial charge in [-0.15, -0.1) is 0 Å². The van der Waals surface area contributed by atoms with Gasteiger partial charge in [-0.25, -0.2) is 0 Å². The molecule has 0 amide bonds. The van der Waals surface area contributed by atoms with Crippen LogP contribution in [0.3, 0.4) is 0 Å². The highest BCUT2D eigenvalue weighted by Gasteiger charge is 2.15. The van der Waals surface area contributed by atoms with Crippen LogP contribution in [0.1, 0.15) is 156 Å². The molecule has 0 saturated carbocycles. The van der Waals surface area contributed by atoms with Gasteiger partial charge < -0.3 is 9.47 Å². The molecule has 0 saturated heterocycles. The summed E-state index contributed by atoms with van der Waals surface area (Å²) in [7, 11) is 0. The predicted molar refractivity (Wildman–Crippen MR) is 139 cm³/mol. The summed E-state index contributed by atoms with van der Waals surface area (Å²) in [5, 5.41) is 0. The summed E-state index contributed by atoms with van der Waals surface area (Å²) < 4.78 is 10.9. The van der Waals surface area contributed by atoms with E-state index in [-0.39, 0.29) is 18.0 Å². The second-order valence-corrected chi connectivity index (χ2v) is 10.1. The summed E-state index contributed by atoms with van der Waals surface area (Å²) in [6.45, 7) is 9.10. The molecule has 0 heterocycles. The summed E-state index contributed by atoms with van der Waals surface area (Å²) in [6.07, 6.45) is 22.5. The van der Waals surface area contributed by atoms with Crippen LogP contribution in [0.15, 0.2) is 0 Å². The van der Waals surface area contributed by atoms with Crippen LogP contribution in [0.25, 0.3) is 0 Å².